The number of likely N-dealkylation sites (tertiary alicyclic amines) is 1. The molecule has 1 N–H and O–H groups in total. The third-order valence-electron chi connectivity index (χ3n) is 4.64. The van der Waals surface area contributed by atoms with Crippen LogP contribution in [0.1, 0.15) is 23.8 Å². The Hall–Kier alpha value is -2.61. The number of carbonyl (C=O) groups excluding carboxylic acids is 1. The molecule has 2 atom stereocenters. The number of hydrogen-bond donors (Lipinski definition) is 1. The van der Waals surface area contributed by atoms with Crippen LogP contribution in [0.3, 0.4) is 0 Å². The number of amides is 1. The zero-order valence-corrected chi connectivity index (χ0v) is 15.0. The lowest BCUT2D eigenvalue weighted by Gasteiger charge is -2.34. The number of benzene rings is 1. The topological polar surface area (TPSA) is 89.0 Å². The van der Waals surface area contributed by atoms with E-state index in [0.717, 1.165) is 5.56 Å². The Bertz CT molecular complexity index is 865. The number of hydrogen-bond acceptors (Lipinski definition) is 6. The summed E-state index contributed by atoms with van der Waals surface area (Å²) in [4.78, 5) is 30.2. The maximum Gasteiger partial charge on any atom is 0.308 e. The largest absolute Gasteiger partial charge is 0.481 e. The number of aliphatic carboxylic acids is 1. The number of thiazole rings is 1. The highest BCUT2D eigenvalue weighted by Gasteiger charge is 2.33. The third-order valence-corrected chi connectivity index (χ3v) is 5.53. The van der Waals surface area contributed by atoms with Crippen LogP contribution in [0.5, 0.6) is 11.5 Å². The van der Waals surface area contributed by atoms with Gasteiger partial charge < -0.3 is 19.5 Å². The van der Waals surface area contributed by atoms with Gasteiger partial charge in [0.05, 0.1) is 5.92 Å². The molecule has 3 heterocycles. The summed E-state index contributed by atoms with van der Waals surface area (Å²) in [5.41, 5.74) is 1.20. The van der Waals surface area contributed by atoms with E-state index in [2.05, 4.69) is 4.98 Å². The van der Waals surface area contributed by atoms with Crippen LogP contribution in [-0.2, 0) is 4.79 Å². The van der Waals surface area contributed by atoms with Gasteiger partial charge in [0, 0.05) is 24.0 Å². The smallest absolute Gasteiger partial charge is 0.308 e. The zero-order valence-electron chi connectivity index (χ0n) is 14.2. The fourth-order valence-corrected chi connectivity index (χ4v) is 4.18. The first-order valence-corrected chi connectivity index (χ1v) is 9.27. The SMILES string of the molecule is CC1CC(C(=O)O)CN(C(=O)c2csc(-c3ccc4c(c3)OCO4)n2)C1. The van der Waals surface area contributed by atoms with Gasteiger partial charge in [0.2, 0.25) is 6.79 Å². The molecule has 8 heteroatoms. The molecule has 2 aliphatic rings. The molecule has 1 amide bonds. The maximum atomic E-state index is 12.8. The summed E-state index contributed by atoms with van der Waals surface area (Å²) in [6.07, 6.45) is 0.596. The van der Waals surface area contributed by atoms with Crippen molar-refractivity contribution in [3.05, 3.63) is 29.3 Å². The number of carboxylic acids is 1. The van der Waals surface area contributed by atoms with Crippen LogP contribution in [0.25, 0.3) is 10.6 Å². The van der Waals surface area contributed by atoms with E-state index in [9.17, 15) is 14.7 Å². The van der Waals surface area contributed by atoms with Crippen LogP contribution in [0.4, 0.5) is 0 Å². The van der Waals surface area contributed by atoms with Crippen molar-refractivity contribution in [2.24, 2.45) is 11.8 Å². The number of nitrogens with zero attached hydrogens (tertiary/aromatic N) is 2. The Labute approximate surface area is 154 Å². The number of carboxylic acid groups (broad SMARTS) is 1. The lowest BCUT2D eigenvalue weighted by Crippen LogP contribution is -2.45. The number of piperidine rings is 1. The Kier molecular flexibility index (Phi) is 4.28. The third kappa shape index (κ3) is 3.12. The van der Waals surface area contributed by atoms with Gasteiger partial charge in [-0.3, -0.25) is 9.59 Å². The van der Waals surface area contributed by atoms with E-state index >= 15 is 0 Å². The molecular formula is C18H18N2O5S. The van der Waals surface area contributed by atoms with Crippen LogP contribution < -0.4 is 9.47 Å². The molecule has 2 aromatic rings. The normalized spacial score (nSPS) is 21.7. The number of ether oxygens (including phenoxy) is 2. The summed E-state index contributed by atoms with van der Waals surface area (Å²) >= 11 is 1.38. The van der Waals surface area contributed by atoms with Gasteiger partial charge in [0.1, 0.15) is 10.7 Å². The second-order valence-electron chi connectivity index (χ2n) is 6.69. The quantitative estimate of drug-likeness (QED) is 0.889. The van der Waals surface area contributed by atoms with E-state index in [0.29, 0.717) is 35.2 Å². The van der Waals surface area contributed by atoms with Gasteiger partial charge in [-0.05, 0) is 30.5 Å². The average Bonchev–Trinajstić information content (AvgIpc) is 3.29. The highest BCUT2D eigenvalue weighted by molar-refractivity contribution is 7.13. The first-order valence-electron chi connectivity index (χ1n) is 8.39. The van der Waals surface area contributed by atoms with Crippen LogP contribution in [-0.4, -0.2) is 46.7 Å². The lowest BCUT2D eigenvalue weighted by molar-refractivity contribution is -0.143. The van der Waals surface area contributed by atoms with E-state index in [1.807, 2.05) is 25.1 Å². The number of aromatic nitrogens is 1. The molecule has 7 nitrogen and oxygen atoms in total. The van der Waals surface area contributed by atoms with Crippen molar-refractivity contribution in [2.75, 3.05) is 19.9 Å². The van der Waals surface area contributed by atoms with Crippen LogP contribution in [0, 0.1) is 11.8 Å². The summed E-state index contributed by atoms with van der Waals surface area (Å²) < 4.78 is 10.7. The molecule has 2 unspecified atom stereocenters. The van der Waals surface area contributed by atoms with Crippen molar-refractivity contribution in [2.45, 2.75) is 13.3 Å². The Morgan fingerprint density at radius 2 is 2.08 bits per heavy atom. The predicted molar refractivity (Wildman–Crippen MR) is 94.5 cm³/mol. The second kappa shape index (κ2) is 6.60. The van der Waals surface area contributed by atoms with Crippen molar-refractivity contribution >= 4 is 23.2 Å². The fraction of sp³-hybridized carbons (Fsp3) is 0.389. The number of rotatable bonds is 3. The first-order chi connectivity index (χ1) is 12.5. The van der Waals surface area contributed by atoms with Gasteiger partial charge in [-0.15, -0.1) is 11.3 Å². The Morgan fingerprint density at radius 1 is 1.27 bits per heavy atom. The van der Waals surface area contributed by atoms with Crippen LogP contribution >= 0.6 is 11.3 Å². The van der Waals surface area contributed by atoms with E-state index in [1.54, 1.807) is 10.3 Å². The van der Waals surface area contributed by atoms with Gasteiger partial charge in [-0.25, -0.2) is 4.98 Å². The molecule has 1 saturated heterocycles. The molecule has 1 aromatic carbocycles. The predicted octanol–water partition coefficient (Wildman–Crippen LogP) is 2.72. The van der Waals surface area contributed by atoms with E-state index in [-0.39, 0.29) is 25.2 Å². The first kappa shape index (κ1) is 16.8. The van der Waals surface area contributed by atoms with Crippen molar-refractivity contribution < 1.29 is 24.2 Å². The van der Waals surface area contributed by atoms with Crippen molar-refractivity contribution in [3.8, 4) is 22.1 Å². The standard InChI is InChI=1S/C18H18N2O5S/c1-10-4-12(18(22)23)7-20(6-10)17(21)13-8-26-16(19-13)11-2-3-14-15(5-11)25-9-24-14/h2-3,5,8,10,12H,4,6-7,9H2,1H3,(H,22,23). The lowest BCUT2D eigenvalue weighted by atomic mass is 9.90. The minimum Gasteiger partial charge on any atom is -0.481 e. The summed E-state index contributed by atoms with van der Waals surface area (Å²) in [7, 11) is 0. The highest BCUT2D eigenvalue weighted by atomic mass is 32.1. The molecule has 136 valence electrons. The van der Waals surface area contributed by atoms with Gasteiger partial charge >= 0.3 is 5.97 Å². The van der Waals surface area contributed by atoms with Crippen LogP contribution in [0.2, 0.25) is 0 Å². The second-order valence-corrected chi connectivity index (χ2v) is 7.55. The molecule has 0 saturated carbocycles. The molecule has 0 spiro atoms. The summed E-state index contributed by atoms with van der Waals surface area (Å²) in [5, 5.41) is 11.7. The van der Waals surface area contributed by atoms with Crippen molar-refractivity contribution in [1.82, 2.24) is 9.88 Å². The molecule has 4 rings (SSSR count). The average molecular weight is 374 g/mol. The molecule has 1 fully saturated rings. The Balaban J connectivity index is 1.54. The minimum absolute atomic E-state index is 0.153. The Morgan fingerprint density at radius 3 is 2.88 bits per heavy atom. The maximum absolute atomic E-state index is 12.8. The number of carbonyl (C=O) groups is 2. The summed E-state index contributed by atoms with van der Waals surface area (Å²) in [6.45, 7) is 2.96. The van der Waals surface area contributed by atoms with Crippen molar-refractivity contribution in [3.63, 3.8) is 0 Å². The highest BCUT2D eigenvalue weighted by Crippen LogP contribution is 2.37. The molecule has 0 radical (unpaired) electrons. The molecule has 0 aliphatic carbocycles. The zero-order chi connectivity index (χ0) is 18.3. The van der Waals surface area contributed by atoms with Crippen LogP contribution in [0.15, 0.2) is 23.6 Å². The van der Waals surface area contributed by atoms with E-state index < -0.39 is 11.9 Å². The fourth-order valence-electron chi connectivity index (χ4n) is 3.39. The minimum atomic E-state index is -0.853. The summed E-state index contributed by atoms with van der Waals surface area (Å²) in [5.74, 6) is -0.0708. The van der Waals surface area contributed by atoms with E-state index in [4.69, 9.17) is 9.47 Å². The van der Waals surface area contributed by atoms with Gasteiger partial charge in [0.25, 0.3) is 5.91 Å². The molecule has 1 aromatic heterocycles. The molecule has 2 aliphatic heterocycles. The van der Waals surface area contributed by atoms with Gasteiger partial charge in [-0.1, -0.05) is 6.92 Å². The number of fused-ring (bicyclic) bond motifs is 1. The van der Waals surface area contributed by atoms with E-state index in [1.165, 1.54) is 11.3 Å². The molecular weight excluding hydrogens is 356 g/mol. The monoisotopic (exact) mass is 374 g/mol. The van der Waals surface area contributed by atoms with Crippen molar-refractivity contribution in [1.29, 1.82) is 0 Å². The summed E-state index contributed by atoms with van der Waals surface area (Å²) in [6, 6.07) is 5.55. The molecule has 26 heavy (non-hydrogen) atoms. The molecule has 0 bridgehead atoms. The van der Waals surface area contributed by atoms with Gasteiger partial charge in [0.15, 0.2) is 11.5 Å². The van der Waals surface area contributed by atoms with Gasteiger partial charge in [-0.2, -0.15) is 0 Å².